The summed E-state index contributed by atoms with van der Waals surface area (Å²) in [5.41, 5.74) is 2.35. The van der Waals surface area contributed by atoms with Crippen molar-refractivity contribution in [3.05, 3.63) is 48.2 Å². The minimum atomic E-state index is 0.568. The maximum absolute atomic E-state index is 4.43. The quantitative estimate of drug-likeness (QED) is 0.855. The van der Waals surface area contributed by atoms with Gasteiger partial charge in [0.1, 0.15) is 5.82 Å². The molecule has 3 rings (SSSR count). The minimum absolute atomic E-state index is 0.568. The highest BCUT2D eigenvalue weighted by Gasteiger charge is 2.30. The Balaban J connectivity index is 1.55. The Morgan fingerprint density at radius 1 is 1.25 bits per heavy atom. The first-order valence-electron chi connectivity index (χ1n) is 7.16. The molecule has 0 spiro atoms. The molecule has 20 heavy (non-hydrogen) atoms. The van der Waals surface area contributed by atoms with Crippen molar-refractivity contribution in [3.8, 4) is 0 Å². The second-order valence-corrected chi connectivity index (χ2v) is 5.66. The van der Waals surface area contributed by atoms with E-state index in [0.29, 0.717) is 5.92 Å². The molecule has 0 radical (unpaired) electrons. The van der Waals surface area contributed by atoms with E-state index in [1.165, 1.54) is 12.0 Å². The Morgan fingerprint density at radius 3 is 2.75 bits per heavy atom. The van der Waals surface area contributed by atoms with Crippen LogP contribution in [0.5, 0.6) is 0 Å². The summed E-state index contributed by atoms with van der Waals surface area (Å²) in [5, 5.41) is 0. The fraction of sp³-hybridized carbons (Fsp3) is 0.438. The Morgan fingerprint density at radius 2 is 2.05 bits per heavy atom. The number of aromatic nitrogens is 3. The SMILES string of the molecule is Cc1nccnc1N1CC(CC(C)c2cccnc2)C1. The third-order valence-corrected chi connectivity index (χ3v) is 4.05. The predicted molar refractivity (Wildman–Crippen MR) is 79.7 cm³/mol. The highest BCUT2D eigenvalue weighted by Crippen LogP contribution is 2.31. The lowest BCUT2D eigenvalue weighted by atomic mass is 9.86. The van der Waals surface area contributed by atoms with Gasteiger partial charge in [0.2, 0.25) is 0 Å². The largest absolute Gasteiger partial charge is 0.354 e. The molecular weight excluding hydrogens is 248 g/mol. The smallest absolute Gasteiger partial charge is 0.150 e. The summed E-state index contributed by atoms with van der Waals surface area (Å²) in [6.45, 7) is 6.48. The van der Waals surface area contributed by atoms with E-state index in [-0.39, 0.29) is 0 Å². The Kier molecular flexibility index (Phi) is 3.63. The predicted octanol–water partition coefficient (Wildman–Crippen LogP) is 2.81. The highest BCUT2D eigenvalue weighted by molar-refractivity contribution is 5.45. The summed E-state index contributed by atoms with van der Waals surface area (Å²) in [7, 11) is 0. The van der Waals surface area contributed by atoms with Crippen molar-refractivity contribution in [2.45, 2.75) is 26.2 Å². The number of rotatable bonds is 4. The van der Waals surface area contributed by atoms with Gasteiger partial charge >= 0.3 is 0 Å². The van der Waals surface area contributed by atoms with Gasteiger partial charge < -0.3 is 4.90 Å². The van der Waals surface area contributed by atoms with E-state index in [0.717, 1.165) is 30.5 Å². The maximum Gasteiger partial charge on any atom is 0.150 e. The third kappa shape index (κ3) is 2.64. The van der Waals surface area contributed by atoms with Crippen LogP contribution in [-0.4, -0.2) is 28.0 Å². The molecule has 1 saturated heterocycles. The lowest BCUT2D eigenvalue weighted by Gasteiger charge is -2.41. The van der Waals surface area contributed by atoms with Crippen LogP contribution in [0.2, 0.25) is 0 Å². The topological polar surface area (TPSA) is 41.9 Å². The van der Waals surface area contributed by atoms with Gasteiger partial charge in [-0.3, -0.25) is 9.97 Å². The van der Waals surface area contributed by atoms with E-state index in [2.05, 4.69) is 32.8 Å². The zero-order valence-electron chi connectivity index (χ0n) is 12.0. The first kappa shape index (κ1) is 13.0. The molecular formula is C16H20N4. The monoisotopic (exact) mass is 268 g/mol. The Labute approximate surface area is 119 Å². The molecule has 2 aromatic heterocycles. The van der Waals surface area contributed by atoms with Crippen LogP contribution in [0.15, 0.2) is 36.9 Å². The van der Waals surface area contributed by atoms with E-state index >= 15 is 0 Å². The van der Waals surface area contributed by atoms with E-state index in [1.54, 1.807) is 12.4 Å². The van der Waals surface area contributed by atoms with Gasteiger partial charge in [-0.05, 0) is 36.8 Å². The van der Waals surface area contributed by atoms with Gasteiger partial charge in [-0.15, -0.1) is 0 Å². The van der Waals surface area contributed by atoms with Crippen LogP contribution in [0.1, 0.15) is 30.5 Å². The lowest BCUT2D eigenvalue weighted by molar-refractivity contribution is 0.358. The molecule has 1 atom stereocenters. The van der Waals surface area contributed by atoms with Crippen molar-refractivity contribution in [1.29, 1.82) is 0 Å². The van der Waals surface area contributed by atoms with Crippen molar-refractivity contribution in [3.63, 3.8) is 0 Å². The molecule has 2 aromatic rings. The van der Waals surface area contributed by atoms with Crippen molar-refractivity contribution < 1.29 is 0 Å². The van der Waals surface area contributed by atoms with Gasteiger partial charge in [0, 0.05) is 37.9 Å². The van der Waals surface area contributed by atoms with Crippen molar-refractivity contribution >= 4 is 5.82 Å². The fourth-order valence-electron chi connectivity index (χ4n) is 2.91. The first-order chi connectivity index (χ1) is 9.74. The molecule has 0 aromatic carbocycles. The summed E-state index contributed by atoms with van der Waals surface area (Å²) >= 11 is 0. The van der Waals surface area contributed by atoms with Crippen LogP contribution in [0.25, 0.3) is 0 Å². The van der Waals surface area contributed by atoms with Crippen molar-refractivity contribution in [1.82, 2.24) is 15.0 Å². The van der Waals surface area contributed by atoms with Gasteiger partial charge in [0.25, 0.3) is 0 Å². The Hall–Kier alpha value is -1.97. The van der Waals surface area contributed by atoms with E-state index in [9.17, 15) is 0 Å². The molecule has 0 N–H and O–H groups in total. The molecule has 0 bridgehead atoms. The van der Waals surface area contributed by atoms with E-state index in [1.807, 2.05) is 25.4 Å². The van der Waals surface area contributed by atoms with E-state index in [4.69, 9.17) is 0 Å². The highest BCUT2D eigenvalue weighted by atomic mass is 15.2. The van der Waals surface area contributed by atoms with Crippen molar-refractivity contribution in [2.75, 3.05) is 18.0 Å². The number of hydrogen-bond acceptors (Lipinski definition) is 4. The van der Waals surface area contributed by atoms with Crippen LogP contribution in [0, 0.1) is 12.8 Å². The summed E-state index contributed by atoms with van der Waals surface area (Å²) in [5.74, 6) is 2.35. The summed E-state index contributed by atoms with van der Waals surface area (Å²) in [6.07, 6.45) is 8.54. The molecule has 104 valence electrons. The average molecular weight is 268 g/mol. The molecule has 1 aliphatic heterocycles. The summed E-state index contributed by atoms with van der Waals surface area (Å²) in [4.78, 5) is 15.3. The summed E-state index contributed by atoms with van der Waals surface area (Å²) in [6, 6.07) is 4.18. The van der Waals surface area contributed by atoms with Gasteiger partial charge in [-0.25, -0.2) is 4.98 Å². The molecule has 0 aliphatic carbocycles. The zero-order chi connectivity index (χ0) is 13.9. The molecule has 3 heterocycles. The van der Waals surface area contributed by atoms with Crippen LogP contribution in [-0.2, 0) is 0 Å². The number of pyridine rings is 1. The molecule has 0 amide bonds. The Bertz CT molecular complexity index is 564. The van der Waals surface area contributed by atoms with Gasteiger partial charge in [-0.2, -0.15) is 0 Å². The minimum Gasteiger partial charge on any atom is -0.354 e. The molecule has 1 unspecified atom stereocenters. The molecule has 0 saturated carbocycles. The number of hydrogen-bond donors (Lipinski definition) is 0. The van der Waals surface area contributed by atoms with Gasteiger partial charge in [0.05, 0.1) is 5.69 Å². The normalized spacial score (nSPS) is 16.8. The maximum atomic E-state index is 4.43. The van der Waals surface area contributed by atoms with Crippen molar-refractivity contribution in [2.24, 2.45) is 5.92 Å². The van der Waals surface area contributed by atoms with Crippen LogP contribution < -0.4 is 4.90 Å². The van der Waals surface area contributed by atoms with Crippen LogP contribution >= 0.6 is 0 Å². The molecule has 4 nitrogen and oxygen atoms in total. The second-order valence-electron chi connectivity index (χ2n) is 5.66. The van der Waals surface area contributed by atoms with Gasteiger partial charge in [0.15, 0.2) is 0 Å². The van der Waals surface area contributed by atoms with E-state index < -0.39 is 0 Å². The lowest BCUT2D eigenvalue weighted by Crippen LogP contribution is -2.48. The summed E-state index contributed by atoms with van der Waals surface area (Å²) < 4.78 is 0. The molecule has 4 heteroatoms. The number of anilines is 1. The standard InChI is InChI=1S/C16H20N4/c1-12(15-4-3-5-17-9-15)8-14-10-20(11-14)16-13(2)18-6-7-19-16/h3-7,9,12,14H,8,10-11H2,1-2H3. The third-order valence-electron chi connectivity index (χ3n) is 4.05. The zero-order valence-corrected chi connectivity index (χ0v) is 12.0. The average Bonchev–Trinajstić information content (AvgIpc) is 2.44. The molecule has 1 aliphatic rings. The number of aryl methyl sites for hydroxylation is 1. The first-order valence-corrected chi connectivity index (χ1v) is 7.16. The second kappa shape index (κ2) is 5.57. The molecule has 1 fully saturated rings. The fourth-order valence-corrected chi connectivity index (χ4v) is 2.91. The van der Waals surface area contributed by atoms with Gasteiger partial charge in [-0.1, -0.05) is 13.0 Å². The van der Waals surface area contributed by atoms with Crippen LogP contribution in [0.4, 0.5) is 5.82 Å². The van der Waals surface area contributed by atoms with Crippen LogP contribution in [0.3, 0.4) is 0 Å². The number of nitrogens with zero attached hydrogens (tertiary/aromatic N) is 4.